The lowest BCUT2D eigenvalue weighted by atomic mass is 10.1. The Balaban J connectivity index is 1.74. The zero-order chi connectivity index (χ0) is 15.8. The zero-order valence-corrected chi connectivity index (χ0v) is 13.3. The molecule has 0 saturated heterocycles. The molecule has 1 N–H and O–H groups in total. The van der Waals surface area contributed by atoms with E-state index in [1.54, 1.807) is 13.4 Å². The third kappa shape index (κ3) is 2.46. The van der Waals surface area contributed by atoms with E-state index in [4.69, 9.17) is 16.3 Å². The van der Waals surface area contributed by atoms with Gasteiger partial charge in [-0.25, -0.2) is 19.6 Å². The number of benzene rings is 1. The number of aryl methyl sites for hydroxylation is 1. The highest BCUT2D eigenvalue weighted by atomic mass is 35.5. The van der Waals surface area contributed by atoms with Gasteiger partial charge >= 0.3 is 0 Å². The molecule has 0 amide bonds. The van der Waals surface area contributed by atoms with Crippen LogP contribution >= 0.6 is 11.6 Å². The fraction of sp³-hybridized carbons (Fsp3) is 0.333. The number of anilines is 1. The van der Waals surface area contributed by atoms with Crippen LogP contribution in [0.25, 0.3) is 10.9 Å². The minimum Gasteiger partial charge on any atom is -0.495 e. The lowest BCUT2D eigenvalue weighted by Crippen LogP contribution is -2.23. The summed E-state index contributed by atoms with van der Waals surface area (Å²) >= 11 is 6.25. The Morgan fingerprint density at radius 2 is 2.17 bits per heavy atom. The van der Waals surface area contributed by atoms with E-state index in [9.17, 15) is 0 Å². The molecule has 0 saturated carbocycles. The van der Waals surface area contributed by atoms with Crippen LogP contribution in [0.5, 0.6) is 5.75 Å². The number of nitrogens with one attached hydrogen (secondary N) is 1. The van der Waals surface area contributed by atoms with Gasteiger partial charge in [-0.05, 0) is 18.9 Å². The van der Waals surface area contributed by atoms with E-state index in [1.807, 2.05) is 16.8 Å². The number of ether oxygens (including phenoxy) is 1. The molecule has 0 fully saturated rings. The van der Waals surface area contributed by atoms with E-state index in [0.717, 1.165) is 41.9 Å². The van der Waals surface area contributed by atoms with Gasteiger partial charge in [0, 0.05) is 18.0 Å². The van der Waals surface area contributed by atoms with Crippen molar-refractivity contribution in [2.45, 2.75) is 25.4 Å². The largest absolute Gasteiger partial charge is 0.495 e. The molecule has 3 aromatic rings. The van der Waals surface area contributed by atoms with Crippen molar-refractivity contribution in [3.05, 3.63) is 35.6 Å². The van der Waals surface area contributed by atoms with Crippen molar-refractivity contribution in [2.24, 2.45) is 0 Å². The topological polar surface area (TPSA) is 77.8 Å². The van der Waals surface area contributed by atoms with Crippen molar-refractivity contribution in [1.29, 1.82) is 0 Å². The molecule has 2 aromatic heterocycles. The van der Waals surface area contributed by atoms with Crippen LogP contribution < -0.4 is 10.1 Å². The molecule has 3 heterocycles. The number of hydrogen-bond acceptors (Lipinski definition) is 6. The summed E-state index contributed by atoms with van der Waals surface area (Å²) < 4.78 is 7.18. The second-order valence-corrected chi connectivity index (χ2v) is 5.81. The van der Waals surface area contributed by atoms with Gasteiger partial charge in [-0.3, -0.25) is 0 Å². The van der Waals surface area contributed by atoms with Crippen LogP contribution in [0.1, 0.15) is 24.7 Å². The molecule has 1 atom stereocenters. The molecular formula is C15H15ClN6O. The number of methoxy groups -OCH3 is 1. The number of nitrogens with zero attached hydrogens (tertiary/aromatic N) is 5. The fourth-order valence-electron chi connectivity index (χ4n) is 2.92. The maximum Gasteiger partial charge on any atom is 0.149 e. The molecule has 8 heteroatoms. The Morgan fingerprint density at radius 1 is 1.26 bits per heavy atom. The van der Waals surface area contributed by atoms with E-state index in [0.29, 0.717) is 10.8 Å². The molecule has 0 spiro atoms. The summed E-state index contributed by atoms with van der Waals surface area (Å²) in [6.07, 6.45) is 5.15. The van der Waals surface area contributed by atoms with Gasteiger partial charge in [-0.1, -0.05) is 11.6 Å². The van der Waals surface area contributed by atoms with E-state index in [1.165, 1.54) is 6.33 Å². The average Bonchev–Trinajstić information content (AvgIpc) is 3.04. The molecule has 118 valence electrons. The minimum absolute atomic E-state index is 0.0743. The van der Waals surface area contributed by atoms with Crippen LogP contribution in [0.3, 0.4) is 0 Å². The number of fused-ring (bicyclic) bond motifs is 2. The highest BCUT2D eigenvalue weighted by Gasteiger charge is 2.23. The van der Waals surface area contributed by atoms with Crippen molar-refractivity contribution < 1.29 is 4.74 Å². The first kappa shape index (κ1) is 14.2. The monoisotopic (exact) mass is 330 g/mol. The van der Waals surface area contributed by atoms with Crippen molar-refractivity contribution >= 4 is 28.3 Å². The fourth-order valence-corrected chi connectivity index (χ4v) is 3.16. The quantitative estimate of drug-likeness (QED) is 0.795. The Bertz CT molecular complexity index is 864. The molecule has 0 radical (unpaired) electrons. The third-order valence-corrected chi connectivity index (χ3v) is 4.34. The SMILES string of the molecule is COc1cc2ncnc(NC3CCCn4ncnc43)c2cc1Cl. The summed E-state index contributed by atoms with van der Waals surface area (Å²) in [6.45, 7) is 0.904. The first-order valence-electron chi connectivity index (χ1n) is 7.39. The standard InChI is InChI=1S/C15H15ClN6O/c1-23-13-6-12-9(5-10(13)16)14(18-7-17-12)21-11-3-2-4-22-15(11)19-8-20-22/h5-8,11H,2-4H2,1H3,(H,17,18,21). The molecule has 1 aliphatic heterocycles. The Hall–Kier alpha value is -2.41. The lowest BCUT2D eigenvalue weighted by molar-refractivity contribution is 0.415. The van der Waals surface area contributed by atoms with E-state index in [-0.39, 0.29) is 6.04 Å². The Labute approximate surface area is 137 Å². The molecule has 4 rings (SSSR count). The van der Waals surface area contributed by atoms with Gasteiger partial charge in [0.2, 0.25) is 0 Å². The Morgan fingerprint density at radius 3 is 3.04 bits per heavy atom. The lowest BCUT2D eigenvalue weighted by Gasteiger charge is -2.24. The van der Waals surface area contributed by atoms with Crippen LogP contribution in [0.4, 0.5) is 5.82 Å². The predicted octanol–water partition coefficient (Wildman–Crippen LogP) is 2.83. The summed E-state index contributed by atoms with van der Waals surface area (Å²) in [5.41, 5.74) is 0.779. The van der Waals surface area contributed by atoms with Gasteiger partial charge in [0.15, 0.2) is 0 Å². The third-order valence-electron chi connectivity index (χ3n) is 4.04. The van der Waals surface area contributed by atoms with Gasteiger partial charge in [0.25, 0.3) is 0 Å². The summed E-state index contributed by atoms with van der Waals surface area (Å²) in [4.78, 5) is 13.0. The van der Waals surface area contributed by atoms with E-state index < -0.39 is 0 Å². The van der Waals surface area contributed by atoms with Gasteiger partial charge < -0.3 is 10.1 Å². The minimum atomic E-state index is 0.0743. The van der Waals surface area contributed by atoms with E-state index >= 15 is 0 Å². The summed E-state index contributed by atoms with van der Waals surface area (Å²) in [5, 5.41) is 9.09. The molecule has 0 aliphatic carbocycles. The second kappa shape index (κ2) is 5.66. The molecule has 23 heavy (non-hydrogen) atoms. The second-order valence-electron chi connectivity index (χ2n) is 5.41. The zero-order valence-electron chi connectivity index (χ0n) is 12.5. The van der Waals surface area contributed by atoms with Crippen molar-refractivity contribution in [2.75, 3.05) is 12.4 Å². The van der Waals surface area contributed by atoms with Crippen molar-refractivity contribution in [3.63, 3.8) is 0 Å². The van der Waals surface area contributed by atoms with Gasteiger partial charge in [0.1, 0.15) is 30.0 Å². The molecular weight excluding hydrogens is 316 g/mol. The highest BCUT2D eigenvalue weighted by molar-refractivity contribution is 6.33. The first-order chi connectivity index (χ1) is 11.3. The van der Waals surface area contributed by atoms with Crippen LogP contribution in [-0.4, -0.2) is 31.8 Å². The van der Waals surface area contributed by atoms with Crippen LogP contribution in [0.15, 0.2) is 24.8 Å². The van der Waals surface area contributed by atoms with E-state index in [2.05, 4.69) is 25.4 Å². The van der Waals surface area contributed by atoms with Gasteiger partial charge in [0.05, 0.1) is 23.7 Å². The number of halogens is 1. The van der Waals surface area contributed by atoms with Gasteiger partial charge in [-0.2, -0.15) is 5.10 Å². The molecule has 1 unspecified atom stereocenters. The molecule has 7 nitrogen and oxygen atoms in total. The summed E-state index contributed by atoms with van der Waals surface area (Å²) in [6, 6.07) is 3.71. The van der Waals surface area contributed by atoms with Crippen LogP contribution in [0, 0.1) is 0 Å². The van der Waals surface area contributed by atoms with Crippen molar-refractivity contribution in [3.8, 4) is 5.75 Å². The molecule has 1 aromatic carbocycles. The average molecular weight is 331 g/mol. The predicted molar refractivity (Wildman–Crippen MR) is 86.7 cm³/mol. The smallest absolute Gasteiger partial charge is 0.149 e. The van der Waals surface area contributed by atoms with Gasteiger partial charge in [-0.15, -0.1) is 0 Å². The molecule has 1 aliphatic rings. The van der Waals surface area contributed by atoms with Crippen LogP contribution in [-0.2, 0) is 6.54 Å². The normalized spacial score (nSPS) is 17.0. The Kier molecular flexibility index (Phi) is 3.49. The summed E-state index contributed by atoms with van der Waals surface area (Å²) in [7, 11) is 1.59. The highest BCUT2D eigenvalue weighted by Crippen LogP contribution is 2.33. The first-order valence-corrected chi connectivity index (χ1v) is 7.76. The number of hydrogen-bond donors (Lipinski definition) is 1. The van der Waals surface area contributed by atoms with Crippen molar-refractivity contribution in [1.82, 2.24) is 24.7 Å². The van der Waals surface area contributed by atoms with Crippen LogP contribution in [0.2, 0.25) is 5.02 Å². The maximum absolute atomic E-state index is 6.25. The summed E-state index contributed by atoms with van der Waals surface area (Å²) in [5.74, 6) is 2.27. The number of aromatic nitrogens is 5. The maximum atomic E-state index is 6.25. The molecule has 0 bridgehead atoms. The number of rotatable bonds is 3.